The van der Waals surface area contributed by atoms with Crippen LogP contribution in [0.3, 0.4) is 0 Å². The summed E-state index contributed by atoms with van der Waals surface area (Å²) in [7, 11) is 0. The van der Waals surface area contributed by atoms with Crippen molar-refractivity contribution in [1.29, 1.82) is 0 Å². The molecule has 7 atom stereocenters. The Morgan fingerprint density at radius 2 is 1.70 bits per heavy atom. The highest BCUT2D eigenvalue weighted by Gasteiger charge is 2.43. The molecule has 8 N–H and O–H groups in total. The Bertz CT molecular complexity index is 2480. The summed E-state index contributed by atoms with van der Waals surface area (Å²) in [5.41, 5.74) is 12.5. The number of carbonyl (C=O) groups excluding carboxylic acids is 5. The van der Waals surface area contributed by atoms with E-state index in [2.05, 4.69) is 67.4 Å². The van der Waals surface area contributed by atoms with Gasteiger partial charge in [-0.15, -0.1) is 0 Å². The first kappa shape index (κ1) is 51.7. The first-order chi connectivity index (χ1) is 33.6. The lowest BCUT2D eigenvalue weighted by Crippen LogP contribution is -2.57. The van der Waals surface area contributed by atoms with Crippen molar-refractivity contribution < 1.29 is 48.8 Å². The number of nitrogens with zero attached hydrogens (tertiary/aromatic N) is 6. The molecule has 3 aliphatic rings. The zero-order valence-corrected chi connectivity index (χ0v) is 40.5. The van der Waals surface area contributed by atoms with E-state index in [-0.39, 0.29) is 56.9 Å². The van der Waals surface area contributed by atoms with Gasteiger partial charge in [0.05, 0.1) is 24.1 Å². The van der Waals surface area contributed by atoms with Gasteiger partial charge in [0.2, 0.25) is 29.6 Å². The normalized spacial score (nSPS) is 21.7. The van der Waals surface area contributed by atoms with Gasteiger partial charge in [-0.1, -0.05) is 76.1 Å². The molecule has 0 saturated carbocycles. The summed E-state index contributed by atoms with van der Waals surface area (Å²) in [6.45, 7) is 11.7. The van der Waals surface area contributed by atoms with E-state index >= 15 is 0 Å². The fourth-order valence-electron chi connectivity index (χ4n) is 9.10. The van der Waals surface area contributed by atoms with Crippen molar-refractivity contribution in [1.82, 2.24) is 39.9 Å². The van der Waals surface area contributed by atoms with Crippen molar-refractivity contribution >= 4 is 52.5 Å². The molecule has 3 saturated heterocycles. The Kier molecular flexibility index (Phi) is 17.4. The maximum absolute atomic E-state index is 13.5. The van der Waals surface area contributed by atoms with Crippen LogP contribution in [0.1, 0.15) is 86.7 Å². The van der Waals surface area contributed by atoms with E-state index in [1.165, 1.54) is 16.7 Å². The molecule has 0 aliphatic carbocycles. The molecule has 20 heteroatoms. The van der Waals surface area contributed by atoms with Gasteiger partial charge >= 0.3 is 6.09 Å². The van der Waals surface area contributed by atoms with Crippen LogP contribution in [0.15, 0.2) is 54.7 Å². The number of hydrogen-bond donors (Lipinski definition) is 7. The average molecular weight is 969 g/mol. The average Bonchev–Trinajstić information content (AvgIpc) is 3.86. The van der Waals surface area contributed by atoms with Gasteiger partial charge in [0.25, 0.3) is 0 Å². The topological polar surface area (TPSA) is 267 Å². The zero-order valence-electron chi connectivity index (χ0n) is 40.5. The summed E-state index contributed by atoms with van der Waals surface area (Å²) in [4.78, 5) is 77.7. The van der Waals surface area contributed by atoms with Crippen LogP contribution < -0.4 is 21.7 Å². The lowest BCUT2D eigenvalue weighted by atomic mass is 9.90. The Hall–Kier alpha value is -6.19. The molecule has 7 rings (SSSR count). The van der Waals surface area contributed by atoms with Crippen LogP contribution in [0.25, 0.3) is 11.0 Å². The lowest BCUT2D eigenvalue weighted by Gasteiger charge is -2.40. The number of hydrogen-bond acceptors (Lipinski definition) is 15. The number of amides is 5. The van der Waals surface area contributed by atoms with Crippen LogP contribution in [0.5, 0.6) is 0 Å². The Morgan fingerprint density at radius 3 is 2.40 bits per heavy atom. The van der Waals surface area contributed by atoms with E-state index in [0.29, 0.717) is 43.9 Å². The zero-order chi connectivity index (χ0) is 50.1. The number of aromatic nitrogens is 3. The van der Waals surface area contributed by atoms with Crippen molar-refractivity contribution in [3.05, 3.63) is 82.5 Å². The second-order valence-corrected chi connectivity index (χ2v) is 18.8. The number of anilines is 2. The van der Waals surface area contributed by atoms with Gasteiger partial charge in [0.1, 0.15) is 36.5 Å². The van der Waals surface area contributed by atoms with Crippen molar-refractivity contribution in [2.24, 2.45) is 11.8 Å². The number of nitrogens with one attached hydrogen (secondary N) is 3. The quantitative estimate of drug-likeness (QED) is 0.0496. The van der Waals surface area contributed by atoms with Crippen LogP contribution in [0, 0.1) is 18.8 Å². The van der Waals surface area contributed by atoms with Gasteiger partial charge in [-0.3, -0.25) is 29.0 Å². The third-order valence-electron chi connectivity index (χ3n) is 13.4. The first-order valence-corrected chi connectivity index (χ1v) is 24.3. The van der Waals surface area contributed by atoms with Crippen LogP contribution >= 0.6 is 0 Å². The van der Waals surface area contributed by atoms with E-state index in [9.17, 15) is 39.3 Å². The molecule has 0 radical (unpaired) electrons. The number of carbonyl (C=O) groups is 5. The van der Waals surface area contributed by atoms with Crippen molar-refractivity contribution in [3.8, 4) is 0 Å². The van der Waals surface area contributed by atoms with E-state index in [1.807, 2.05) is 12.3 Å². The molecule has 2 aromatic heterocycles. The van der Waals surface area contributed by atoms with Crippen molar-refractivity contribution in [2.45, 2.75) is 110 Å². The fraction of sp³-hybridized carbons (Fsp3) is 0.540. The number of rotatable bonds is 20. The first-order valence-electron chi connectivity index (χ1n) is 24.3. The van der Waals surface area contributed by atoms with Crippen LogP contribution in [0.2, 0.25) is 0 Å². The molecule has 378 valence electrons. The summed E-state index contributed by atoms with van der Waals surface area (Å²) < 4.78 is 13.6. The summed E-state index contributed by atoms with van der Waals surface area (Å²) in [5.74, 6) is -1.74. The van der Waals surface area contributed by atoms with Gasteiger partial charge in [0.15, 0.2) is 5.82 Å². The molecule has 3 aliphatic heterocycles. The SMILES string of the molecule is CCCCCNc1nc(N)nc2ccn(Cc3ccc(CN4CCN(C(=O)OCc5ccc(C(NC(=O)C(C)CNC(=O)CCN6C(=O)CC(C)C6=O)C6OC[C@@H](O)[C@@H](O)[C@H]6O)cc5)CC4)cc3C)c12. The second-order valence-electron chi connectivity index (χ2n) is 18.8. The van der Waals surface area contributed by atoms with Gasteiger partial charge in [-0.05, 0) is 47.2 Å². The van der Waals surface area contributed by atoms with E-state index in [4.69, 9.17) is 15.2 Å². The third-order valence-corrected chi connectivity index (χ3v) is 13.4. The smallest absolute Gasteiger partial charge is 0.410 e. The van der Waals surface area contributed by atoms with Crippen LogP contribution in [-0.2, 0) is 48.3 Å². The predicted molar refractivity (Wildman–Crippen MR) is 260 cm³/mol. The van der Waals surface area contributed by atoms with Crippen LogP contribution in [-0.4, -0.2) is 151 Å². The Morgan fingerprint density at radius 1 is 0.957 bits per heavy atom. The number of aliphatic hydroxyl groups is 3. The molecule has 3 fully saturated rings. The lowest BCUT2D eigenvalue weighted by molar-refractivity contribution is -0.195. The summed E-state index contributed by atoms with van der Waals surface area (Å²) in [6, 6.07) is 14.4. The summed E-state index contributed by atoms with van der Waals surface area (Å²) in [5, 5.41) is 40.6. The number of benzene rings is 2. The molecule has 0 bridgehead atoms. The number of likely N-dealkylation sites (tertiary alicyclic amines) is 1. The van der Waals surface area contributed by atoms with Gasteiger partial charge in [-0.25, -0.2) is 9.78 Å². The standard InChI is InChI=1S/C50H68N10O10/c1-5-6-7-16-52-46-42-37(54-49(51)56-46)14-17-59(42)27-36-13-10-34(23-30(36)2)26-57-19-21-58(22-20-57)50(68)70-28-33-8-11-35(12-9-33)41(45-44(65)43(64)38(61)29-69-45)55-47(66)32(4)25-53-39(62)15-18-60-40(63)24-31(3)48(60)67/h8-14,17,23,31-32,38,41,43-45,61,64-65H,5-7,15-16,18-22,24-29H2,1-4H3,(H,53,62)(H,55,66)(H3,51,52,54,56)/t31?,32?,38-,41?,43-,44-,45?/m1/s1. The highest BCUT2D eigenvalue weighted by Crippen LogP contribution is 2.30. The molecule has 5 amide bonds. The molecule has 0 spiro atoms. The minimum Gasteiger partial charge on any atom is -0.445 e. The number of unbranched alkanes of at least 4 members (excludes halogenated alkanes) is 2. The largest absolute Gasteiger partial charge is 0.445 e. The van der Waals surface area contributed by atoms with Crippen LogP contribution in [0.4, 0.5) is 16.6 Å². The molecule has 70 heavy (non-hydrogen) atoms. The number of aliphatic hydroxyl groups excluding tert-OH is 3. The predicted octanol–water partition coefficient (Wildman–Crippen LogP) is 2.60. The molecular formula is C50H68N10O10. The van der Waals surface area contributed by atoms with E-state index < -0.39 is 60.2 Å². The number of nitrogen functional groups attached to an aromatic ring is 1. The number of aryl methyl sites for hydroxylation is 1. The summed E-state index contributed by atoms with van der Waals surface area (Å²) in [6.07, 6.45) is -0.626. The number of piperazine rings is 1. The second kappa shape index (κ2) is 23.6. The molecule has 2 aromatic carbocycles. The van der Waals surface area contributed by atoms with Gasteiger partial charge < -0.3 is 55.9 Å². The van der Waals surface area contributed by atoms with E-state index in [0.717, 1.165) is 54.1 Å². The van der Waals surface area contributed by atoms with Gasteiger partial charge in [0, 0.05) is 83.9 Å². The molecule has 4 aromatic rings. The molecule has 4 unspecified atom stereocenters. The maximum atomic E-state index is 13.5. The molecular weight excluding hydrogens is 901 g/mol. The Balaban J connectivity index is 0.882. The van der Waals surface area contributed by atoms with Crippen molar-refractivity contribution in [2.75, 3.05) is 63.5 Å². The highest BCUT2D eigenvalue weighted by atomic mass is 16.6. The van der Waals surface area contributed by atoms with E-state index in [1.54, 1.807) is 43.0 Å². The van der Waals surface area contributed by atoms with Gasteiger partial charge in [-0.2, -0.15) is 4.98 Å². The Labute approximate surface area is 407 Å². The number of nitrogens with two attached hydrogens (primary N) is 1. The highest BCUT2D eigenvalue weighted by molar-refractivity contribution is 6.03. The minimum absolute atomic E-state index is 0.0120. The molecule has 20 nitrogen and oxygen atoms in total. The van der Waals surface area contributed by atoms with Crippen molar-refractivity contribution in [3.63, 3.8) is 0 Å². The minimum atomic E-state index is -1.55. The maximum Gasteiger partial charge on any atom is 0.410 e. The number of fused-ring (bicyclic) bond motifs is 1. The fourth-order valence-corrected chi connectivity index (χ4v) is 9.10. The molecule has 5 heterocycles. The number of ether oxygens (including phenoxy) is 2. The number of imide groups is 1. The third kappa shape index (κ3) is 12.8. The monoisotopic (exact) mass is 969 g/mol. The summed E-state index contributed by atoms with van der Waals surface area (Å²) >= 11 is 0.